The molecule has 1 N–H and O–H groups in total. The van der Waals surface area contributed by atoms with Gasteiger partial charge in [0, 0.05) is 24.3 Å². The summed E-state index contributed by atoms with van der Waals surface area (Å²) in [6.45, 7) is 4.51. The minimum Gasteiger partial charge on any atom is -0.494 e. The van der Waals surface area contributed by atoms with Crippen molar-refractivity contribution in [3.05, 3.63) is 143 Å². The molecule has 2 atom stereocenters. The Morgan fingerprint density at radius 3 is 2.14 bits per heavy atom. The predicted octanol–water partition coefficient (Wildman–Crippen LogP) is 7.55. The van der Waals surface area contributed by atoms with Crippen molar-refractivity contribution in [1.82, 2.24) is 5.32 Å². The van der Waals surface area contributed by atoms with E-state index in [0.717, 1.165) is 25.3 Å². The Hall–Kier alpha value is -3.82. The third-order valence-electron chi connectivity index (χ3n) is 6.80. The van der Waals surface area contributed by atoms with Crippen molar-refractivity contribution in [3.8, 4) is 0 Å². The van der Waals surface area contributed by atoms with Crippen LogP contribution < -0.4 is 10.2 Å². The van der Waals surface area contributed by atoms with Crippen LogP contribution in [-0.4, -0.2) is 13.2 Å². The Labute approximate surface area is 215 Å². The van der Waals surface area contributed by atoms with Crippen LogP contribution in [0.1, 0.15) is 47.7 Å². The first-order valence-corrected chi connectivity index (χ1v) is 12.9. The van der Waals surface area contributed by atoms with Crippen LogP contribution in [0.3, 0.4) is 0 Å². The normalized spacial score (nSPS) is 15.6. The Kier molecular flexibility index (Phi) is 7.80. The van der Waals surface area contributed by atoms with Gasteiger partial charge >= 0.3 is 0 Å². The Morgan fingerprint density at radius 1 is 0.778 bits per heavy atom. The number of ether oxygens (including phenoxy) is 1. The zero-order valence-corrected chi connectivity index (χ0v) is 20.9. The molecule has 1 heterocycles. The van der Waals surface area contributed by atoms with Gasteiger partial charge in [0.05, 0.1) is 6.04 Å². The smallest absolute Gasteiger partial charge is 0.124 e. The van der Waals surface area contributed by atoms with Gasteiger partial charge in [-0.15, -0.1) is 0 Å². The molecule has 4 aromatic rings. The van der Waals surface area contributed by atoms with Gasteiger partial charge in [-0.2, -0.15) is 0 Å². The molecule has 4 aromatic carbocycles. The van der Waals surface area contributed by atoms with Crippen LogP contribution in [0, 0.1) is 0 Å². The summed E-state index contributed by atoms with van der Waals surface area (Å²) in [5, 5.41) is 3.52. The maximum absolute atomic E-state index is 6.56. The number of nitrogens with zero attached hydrogens (tertiary/aromatic N) is 1. The van der Waals surface area contributed by atoms with Crippen molar-refractivity contribution in [2.45, 2.75) is 32.0 Å². The molecule has 0 aliphatic carbocycles. The summed E-state index contributed by atoms with van der Waals surface area (Å²) in [6, 6.07) is 41.0. The van der Waals surface area contributed by atoms with Crippen LogP contribution in [0.15, 0.2) is 121 Å². The van der Waals surface area contributed by atoms with Crippen molar-refractivity contribution in [2.75, 3.05) is 18.1 Å². The summed E-state index contributed by atoms with van der Waals surface area (Å²) in [5.74, 6) is 0.996. The second kappa shape index (κ2) is 11.7. The Bertz CT molecular complexity index is 1250. The average molecular weight is 475 g/mol. The molecule has 182 valence electrons. The summed E-state index contributed by atoms with van der Waals surface area (Å²) >= 11 is 0. The summed E-state index contributed by atoms with van der Waals surface area (Å²) in [5.41, 5.74) is 6.29. The molecule has 5 rings (SSSR count). The second-order valence-corrected chi connectivity index (χ2v) is 9.17. The molecule has 1 aliphatic heterocycles. The van der Waals surface area contributed by atoms with E-state index in [4.69, 9.17) is 4.74 Å². The zero-order chi connectivity index (χ0) is 24.6. The summed E-state index contributed by atoms with van der Waals surface area (Å²) in [6.07, 6.45) is 3.23. The quantitative estimate of drug-likeness (QED) is 0.240. The maximum atomic E-state index is 6.56. The lowest BCUT2D eigenvalue weighted by molar-refractivity contribution is 0.191. The average Bonchev–Trinajstić information content (AvgIpc) is 2.95. The van der Waals surface area contributed by atoms with Gasteiger partial charge in [-0.3, -0.25) is 0 Å². The first-order chi connectivity index (χ1) is 17.8. The van der Waals surface area contributed by atoms with Crippen LogP contribution in [0.25, 0.3) is 6.08 Å². The lowest BCUT2D eigenvalue weighted by atomic mass is 9.90. The fourth-order valence-electron chi connectivity index (χ4n) is 5.12. The highest BCUT2D eigenvalue weighted by Crippen LogP contribution is 2.46. The highest BCUT2D eigenvalue weighted by Gasteiger charge is 2.35. The molecule has 36 heavy (non-hydrogen) atoms. The Morgan fingerprint density at radius 2 is 1.42 bits per heavy atom. The van der Waals surface area contributed by atoms with Crippen molar-refractivity contribution >= 4 is 11.8 Å². The molecule has 0 amide bonds. The lowest BCUT2D eigenvalue weighted by Crippen LogP contribution is -2.37. The topological polar surface area (TPSA) is 24.5 Å². The van der Waals surface area contributed by atoms with E-state index in [0.29, 0.717) is 6.61 Å². The number of hydrogen-bond donors (Lipinski definition) is 1. The SMILES string of the molecule is CCC(c1ccccc1)N1c2ccccc2C=C(OCCNCc2ccccc2)[C@@H]1c1ccccc1. The van der Waals surface area contributed by atoms with Crippen molar-refractivity contribution in [3.63, 3.8) is 0 Å². The fraction of sp³-hybridized carbons (Fsp3) is 0.212. The molecular weight excluding hydrogens is 440 g/mol. The number of para-hydroxylation sites is 1. The molecule has 3 heteroatoms. The molecule has 1 unspecified atom stereocenters. The van der Waals surface area contributed by atoms with E-state index in [1.54, 1.807) is 0 Å². The van der Waals surface area contributed by atoms with Gasteiger partial charge in [-0.25, -0.2) is 0 Å². The molecule has 0 radical (unpaired) electrons. The summed E-state index contributed by atoms with van der Waals surface area (Å²) < 4.78 is 6.56. The van der Waals surface area contributed by atoms with Gasteiger partial charge in [0.2, 0.25) is 0 Å². The van der Waals surface area contributed by atoms with Crippen LogP contribution >= 0.6 is 0 Å². The fourth-order valence-corrected chi connectivity index (χ4v) is 5.12. The molecule has 0 spiro atoms. The third-order valence-corrected chi connectivity index (χ3v) is 6.80. The van der Waals surface area contributed by atoms with Gasteiger partial charge in [0.25, 0.3) is 0 Å². The lowest BCUT2D eigenvalue weighted by Gasteiger charge is -2.44. The summed E-state index contributed by atoms with van der Waals surface area (Å²) in [7, 11) is 0. The number of nitrogens with one attached hydrogen (secondary N) is 1. The first-order valence-electron chi connectivity index (χ1n) is 12.9. The van der Waals surface area contributed by atoms with E-state index in [9.17, 15) is 0 Å². The highest BCUT2D eigenvalue weighted by atomic mass is 16.5. The van der Waals surface area contributed by atoms with Crippen LogP contribution in [0.4, 0.5) is 5.69 Å². The van der Waals surface area contributed by atoms with Crippen molar-refractivity contribution in [1.29, 1.82) is 0 Å². The minimum absolute atomic E-state index is 0.000351. The molecule has 0 saturated carbocycles. The van der Waals surface area contributed by atoms with Crippen molar-refractivity contribution < 1.29 is 4.74 Å². The van der Waals surface area contributed by atoms with Gasteiger partial charge in [0.15, 0.2) is 0 Å². The molecular formula is C33H34N2O. The first kappa shape index (κ1) is 23.9. The van der Waals surface area contributed by atoms with E-state index < -0.39 is 0 Å². The number of anilines is 1. The largest absolute Gasteiger partial charge is 0.494 e. The third kappa shape index (κ3) is 5.37. The van der Waals surface area contributed by atoms with Gasteiger partial charge in [0.1, 0.15) is 18.4 Å². The van der Waals surface area contributed by atoms with Crippen LogP contribution in [-0.2, 0) is 11.3 Å². The molecule has 3 nitrogen and oxygen atoms in total. The van der Waals surface area contributed by atoms with E-state index in [1.165, 1.54) is 27.9 Å². The maximum Gasteiger partial charge on any atom is 0.124 e. The molecule has 0 aromatic heterocycles. The summed E-state index contributed by atoms with van der Waals surface area (Å²) in [4.78, 5) is 2.56. The van der Waals surface area contributed by atoms with Crippen LogP contribution in [0.2, 0.25) is 0 Å². The number of rotatable bonds is 10. The number of hydrogen-bond acceptors (Lipinski definition) is 3. The van der Waals surface area contributed by atoms with Gasteiger partial charge in [-0.05, 0) is 35.3 Å². The second-order valence-electron chi connectivity index (χ2n) is 9.17. The Balaban J connectivity index is 1.44. The molecule has 0 bridgehead atoms. The monoisotopic (exact) mass is 474 g/mol. The minimum atomic E-state index is 0.000351. The number of benzene rings is 4. The predicted molar refractivity (Wildman–Crippen MR) is 150 cm³/mol. The van der Waals surface area contributed by atoms with E-state index in [-0.39, 0.29) is 12.1 Å². The van der Waals surface area contributed by atoms with Gasteiger partial charge in [-0.1, -0.05) is 116 Å². The van der Waals surface area contributed by atoms with E-state index in [1.807, 2.05) is 0 Å². The van der Waals surface area contributed by atoms with Gasteiger partial charge < -0.3 is 15.0 Å². The molecule has 0 fully saturated rings. The standard InChI is InChI=1S/C33H34N2O/c1-2-30(27-16-8-4-9-17-27)35-31-21-13-12-20-29(31)24-32(33(35)28-18-10-5-11-19-28)36-23-22-34-25-26-14-6-3-7-15-26/h3-21,24,30,33-34H,2,22-23,25H2,1H3/t30?,33-/m0/s1. The highest BCUT2D eigenvalue weighted by molar-refractivity contribution is 5.75. The van der Waals surface area contributed by atoms with Crippen LogP contribution in [0.5, 0.6) is 0 Å². The van der Waals surface area contributed by atoms with E-state index in [2.05, 4.69) is 138 Å². The van der Waals surface area contributed by atoms with Crippen molar-refractivity contribution in [2.24, 2.45) is 0 Å². The van der Waals surface area contributed by atoms with E-state index >= 15 is 0 Å². The molecule has 1 aliphatic rings. The molecule has 0 saturated heterocycles. The number of fused-ring (bicyclic) bond motifs is 1. The zero-order valence-electron chi connectivity index (χ0n) is 20.9.